The number of nitrogens with zero attached hydrogens (tertiary/aromatic N) is 2. The summed E-state index contributed by atoms with van der Waals surface area (Å²) in [4.78, 5) is 28.4. The van der Waals surface area contributed by atoms with Crippen LogP contribution in [0.25, 0.3) is 0 Å². The molecule has 0 saturated carbocycles. The van der Waals surface area contributed by atoms with Gasteiger partial charge in [-0.2, -0.15) is 0 Å². The predicted molar refractivity (Wildman–Crippen MR) is 84.5 cm³/mol. The topological polar surface area (TPSA) is 52.7 Å². The number of hydrogen-bond acceptors (Lipinski definition) is 3. The van der Waals surface area contributed by atoms with Crippen LogP contribution in [0.15, 0.2) is 24.3 Å². The molecule has 1 unspecified atom stereocenters. The average molecular weight is 319 g/mol. The number of nitrogens with one attached hydrogen (secondary N) is 1. The minimum atomic E-state index is -0.496. The van der Waals surface area contributed by atoms with Gasteiger partial charge in [0.2, 0.25) is 5.91 Å². The summed E-state index contributed by atoms with van der Waals surface area (Å²) in [5.74, 6) is -0.663. The van der Waals surface area contributed by atoms with Crippen molar-refractivity contribution in [2.75, 3.05) is 32.7 Å². The fraction of sp³-hybridized carbons (Fsp3) is 0.529. The lowest BCUT2D eigenvalue weighted by Gasteiger charge is -2.24. The van der Waals surface area contributed by atoms with E-state index < -0.39 is 5.82 Å². The van der Waals surface area contributed by atoms with Crippen LogP contribution in [0, 0.1) is 5.82 Å². The van der Waals surface area contributed by atoms with Crippen LogP contribution in [0.2, 0.25) is 0 Å². The van der Waals surface area contributed by atoms with Crippen molar-refractivity contribution in [3.63, 3.8) is 0 Å². The highest BCUT2D eigenvalue weighted by molar-refractivity contribution is 5.94. The summed E-state index contributed by atoms with van der Waals surface area (Å²) in [5, 5.41) is 3.22. The van der Waals surface area contributed by atoms with E-state index >= 15 is 0 Å². The lowest BCUT2D eigenvalue weighted by atomic mass is 10.2. The van der Waals surface area contributed by atoms with Gasteiger partial charge in [-0.25, -0.2) is 4.39 Å². The van der Waals surface area contributed by atoms with Crippen LogP contribution in [0.3, 0.4) is 0 Å². The van der Waals surface area contributed by atoms with Crippen LogP contribution in [-0.4, -0.2) is 60.4 Å². The van der Waals surface area contributed by atoms with E-state index in [-0.39, 0.29) is 23.4 Å². The van der Waals surface area contributed by atoms with E-state index in [1.54, 1.807) is 17.0 Å². The molecule has 0 bridgehead atoms. The Kier molecular flexibility index (Phi) is 4.91. The smallest absolute Gasteiger partial charge is 0.256 e. The molecule has 6 heteroatoms. The van der Waals surface area contributed by atoms with Gasteiger partial charge in [0, 0.05) is 26.2 Å². The van der Waals surface area contributed by atoms with E-state index in [1.165, 1.54) is 12.1 Å². The van der Waals surface area contributed by atoms with E-state index in [2.05, 4.69) is 5.32 Å². The van der Waals surface area contributed by atoms with Gasteiger partial charge in [0.25, 0.3) is 5.91 Å². The molecule has 1 aromatic rings. The Labute approximate surface area is 135 Å². The SMILES string of the molecule is O=C(c1ccccc1F)N1CCCN(C(=O)C2CCCN2)CC1. The number of halogens is 1. The normalized spacial score (nSPS) is 22.0. The monoisotopic (exact) mass is 319 g/mol. The molecule has 5 nitrogen and oxygen atoms in total. The number of carbonyl (C=O) groups excluding carboxylic acids is 2. The Morgan fingerprint density at radius 3 is 2.52 bits per heavy atom. The molecule has 2 aliphatic heterocycles. The van der Waals surface area contributed by atoms with E-state index in [0.29, 0.717) is 26.2 Å². The Balaban J connectivity index is 1.63. The Bertz CT molecular complexity index is 587. The third-order valence-corrected chi connectivity index (χ3v) is 4.56. The van der Waals surface area contributed by atoms with Crippen molar-refractivity contribution in [1.29, 1.82) is 0 Å². The first-order valence-corrected chi connectivity index (χ1v) is 8.23. The van der Waals surface area contributed by atoms with Crippen LogP contribution in [0.4, 0.5) is 4.39 Å². The molecular formula is C17H22FN3O2. The van der Waals surface area contributed by atoms with E-state index in [1.807, 2.05) is 4.90 Å². The zero-order valence-corrected chi connectivity index (χ0v) is 13.1. The lowest BCUT2D eigenvalue weighted by Crippen LogP contribution is -2.45. The molecule has 0 aromatic heterocycles. The molecule has 2 aliphatic rings. The Hall–Kier alpha value is -1.95. The highest BCUT2D eigenvalue weighted by atomic mass is 19.1. The zero-order chi connectivity index (χ0) is 16.2. The first kappa shape index (κ1) is 15.9. The molecule has 1 N–H and O–H groups in total. The fourth-order valence-electron chi connectivity index (χ4n) is 3.26. The van der Waals surface area contributed by atoms with E-state index in [0.717, 1.165) is 25.8 Å². The second-order valence-electron chi connectivity index (χ2n) is 6.10. The number of rotatable bonds is 2. The van der Waals surface area contributed by atoms with Gasteiger partial charge in [-0.15, -0.1) is 0 Å². The maximum Gasteiger partial charge on any atom is 0.256 e. The van der Waals surface area contributed by atoms with E-state index in [4.69, 9.17) is 0 Å². The molecule has 0 radical (unpaired) electrons. The quantitative estimate of drug-likeness (QED) is 0.893. The van der Waals surface area contributed by atoms with Gasteiger partial charge in [0.1, 0.15) is 5.82 Å². The van der Waals surface area contributed by atoms with Crippen molar-refractivity contribution in [2.45, 2.75) is 25.3 Å². The number of amides is 2. The molecule has 2 saturated heterocycles. The molecule has 2 fully saturated rings. The number of hydrogen-bond donors (Lipinski definition) is 1. The van der Waals surface area contributed by atoms with Crippen LogP contribution >= 0.6 is 0 Å². The second-order valence-corrected chi connectivity index (χ2v) is 6.10. The van der Waals surface area contributed by atoms with Crippen LogP contribution in [0.5, 0.6) is 0 Å². The summed E-state index contributed by atoms with van der Waals surface area (Å²) in [6, 6.07) is 5.96. The van der Waals surface area contributed by atoms with Crippen molar-refractivity contribution >= 4 is 11.8 Å². The molecule has 124 valence electrons. The summed E-state index contributed by atoms with van der Waals surface area (Å²) in [7, 11) is 0. The van der Waals surface area contributed by atoms with Gasteiger partial charge in [-0.1, -0.05) is 12.1 Å². The van der Waals surface area contributed by atoms with Gasteiger partial charge < -0.3 is 15.1 Å². The summed E-state index contributed by atoms with van der Waals surface area (Å²) in [6.45, 7) is 3.05. The first-order valence-electron chi connectivity index (χ1n) is 8.23. The minimum absolute atomic E-state index is 0.0798. The molecule has 1 atom stereocenters. The largest absolute Gasteiger partial charge is 0.340 e. The van der Waals surface area contributed by atoms with Crippen molar-refractivity contribution in [2.24, 2.45) is 0 Å². The first-order chi connectivity index (χ1) is 11.2. The van der Waals surface area contributed by atoms with Crippen LogP contribution < -0.4 is 5.32 Å². The standard InChI is InChI=1S/C17H22FN3O2/c18-14-6-2-1-5-13(14)16(22)20-9-4-10-21(12-11-20)17(23)15-7-3-8-19-15/h1-2,5-6,15,19H,3-4,7-12H2. The van der Waals surface area contributed by atoms with Crippen LogP contribution in [-0.2, 0) is 4.79 Å². The number of benzene rings is 1. The van der Waals surface area contributed by atoms with Gasteiger partial charge in [-0.3, -0.25) is 9.59 Å². The molecule has 23 heavy (non-hydrogen) atoms. The molecule has 2 amide bonds. The van der Waals surface area contributed by atoms with Gasteiger partial charge in [0.15, 0.2) is 0 Å². The lowest BCUT2D eigenvalue weighted by molar-refractivity contribution is -0.132. The predicted octanol–water partition coefficient (Wildman–Crippen LogP) is 1.25. The Morgan fingerprint density at radius 1 is 1.04 bits per heavy atom. The average Bonchev–Trinajstić information content (AvgIpc) is 2.98. The van der Waals surface area contributed by atoms with Crippen LogP contribution in [0.1, 0.15) is 29.6 Å². The minimum Gasteiger partial charge on any atom is -0.340 e. The molecule has 3 rings (SSSR count). The second kappa shape index (κ2) is 7.08. The van der Waals surface area contributed by atoms with Gasteiger partial charge in [0.05, 0.1) is 11.6 Å². The highest BCUT2D eigenvalue weighted by Crippen LogP contribution is 2.14. The number of carbonyl (C=O) groups is 2. The summed E-state index contributed by atoms with van der Waals surface area (Å²) in [5.41, 5.74) is 0.102. The van der Waals surface area contributed by atoms with Crippen molar-refractivity contribution < 1.29 is 14.0 Å². The van der Waals surface area contributed by atoms with Crippen molar-refractivity contribution in [3.05, 3.63) is 35.6 Å². The fourth-order valence-corrected chi connectivity index (χ4v) is 3.26. The maximum absolute atomic E-state index is 13.8. The Morgan fingerprint density at radius 2 is 1.78 bits per heavy atom. The third-order valence-electron chi connectivity index (χ3n) is 4.56. The molecule has 1 aromatic carbocycles. The van der Waals surface area contributed by atoms with Gasteiger partial charge >= 0.3 is 0 Å². The van der Waals surface area contributed by atoms with Crippen molar-refractivity contribution in [3.8, 4) is 0 Å². The molecule has 2 heterocycles. The summed E-state index contributed by atoms with van der Waals surface area (Å²) < 4.78 is 13.8. The third kappa shape index (κ3) is 3.52. The van der Waals surface area contributed by atoms with Gasteiger partial charge in [-0.05, 0) is 37.9 Å². The maximum atomic E-state index is 13.8. The molecule has 0 spiro atoms. The molecule has 0 aliphatic carbocycles. The van der Waals surface area contributed by atoms with E-state index in [9.17, 15) is 14.0 Å². The highest BCUT2D eigenvalue weighted by Gasteiger charge is 2.29. The zero-order valence-electron chi connectivity index (χ0n) is 13.1. The summed E-state index contributed by atoms with van der Waals surface area (Å²) >= 11 is 0. The molecular weight excluding hydrogens is 297 g/mol. The summed E-state index contributed by atoms with van der Waals surface area (Å²) in [6.07, 6.45) is 2.63. The van der Waals surface area contributed by atoms with Crippen molar-refractivity contribution in [1.82, 2.24) is 15.1 Å².